The van der Waals surface area contributed by atoms with Gasteiger partial charge >= 0.3 is 17.1 Å². The standard InChI is InChI=1S/C52H44Br8N8.4BrH.Cu/c1-5-17-65-21-9-29(10-22-65)33-45-37(53)39(55)47(61-45)34(30-11-23-66(18-6-2)24-12-30)49-41(57)43(59)51(63-49)36(32-15-27-68(20-8-4)28-16-32)52-44(60)42(58)50(64-52)35(48-40(56)38(54)46(33)62-48)31-13-25-67(19-7-3)26-14-31;;;;;/h9-16,21-28H,5-8,17-20H2,1-4H3;4*1H;/q+2;;;;;+2/p-4. The van der Waals surface area contributed by atoms with Gasteiger partial charge in [0.25, 0.3) is 0 Å². The number of hydrogen-bond acceptors (Lipinski definition) is 4. The van der Waals surface area contributed by atoms with Crippen LogP contribution in [-0.4, -0.2) is 28.6 Å². The fraction of sp³-hybridized carbons (Fsp3) is 0.231. The van der Waals surface area contributed by atoms with E-state index < -0.39 is 0 Å². The molecule has 21 heteroatoms. The SMILES string of the molecule is CCCN1C=CC(=C2C3=NC(=C(c4cc[n+](CCC)cc4)C4=NC(=C(c5cc[n+](CCC)cc5)c5[n-]c(c(Br)c5Br)C(c5cc[n+](CCC)cc5)=C5N=C2C(Br)=C5Br)C(Br)=C4Br)C(Br)=C3Br)C=C1.[Br-].[Br-].[Br-].[Br-].[Cu+2]. The summed E-state index contributed by atoms with van der Waals surface area (Å²) in [6.07, 6.45) is 25.4. The van der Waals surface area contributed by atoms with Gasteiger partial charge in [-0.05, 0) is 148 Å². The van der Waals surface area contributed by atoms with Crippen molar-refractivity contribution in [2.24, 2.45) is 15.0 Å². The van der Waals surface area contributed by atoms with Crippen LogP contribution in [0.3, 0.4) is 0 Å². The maximum Gasteiger partial charge on any atom is 2.00 e. The molecule has 5 aliphatic rings. The van der Waals surface area contributed by atoms with Gasteiger partial charge in [0.1, 0.15) is 19.6 Å². The van der Waals surface area contributed by atoms with Crippen LogP contribution in [0, 0.1) is 0 Å². The zero-order valence-electron chi connectivity index (χ0n) is 39.3. The molecule has 4 aromatic heterocycles. The Labute approximate surface area is 547 Å². The third-order valence-electron chi connectivity index (χ3n) is 11.9. The Hall–Kier alpha value is -0.521. The summed E-state index contributed by atoms with van der Waals surface area (Å²) in [6.45, 7) is 12.4. The topological polar surface area (TPSA) is 66.1 Å². The predicted octanol–water partition coefficient (Wildman–Crippen LogP) is 2.64. The van der Waals surface area contributed by atoms with Gasteiger partial charge in [-0.15, -0.1) is 11.4 Å². The Kier molecular flexibility index (Phi) is 25.4. The first-order valence-electron chi connectivity index (χ1n) is 22.4. The van der Waals surface area contributed by atoms with Gasteiger partial charge in [0, 0.05) is 94.7 Å². The molecule has 4 aromatic rings. The second kappa shape index (κ2) is 28.6. The molecule has 0 N–H and O–H groups in total. The third-order valence-corrected chi connectivity index (χ3v) is 20.2. The zero-order chi connectivity index (χ0) is 48.0. The molecule has 0 amide bonds. The summed E-state index contributed by atoms with van der Waals surface area (Å²) < 4.78 is 12.9. The predicted molar refractivity (Wildman–Crippen MR) is 304 cm³/mol. The molecular formula is C52H44Br12CuN8. The van der Waals surface area contributed by atoms with Crippen molar-refractivity contribution in [3.05, 3.63) is 190 Å². The largest absolute Gasteiger partial charge is 2.00 e. The van der Waals surface area contributed by atoms with Crippen LogP contribution in [0.5, 0.6) is 0 Å². The first-order valence-corrected chi connectivity index (χ1v) is 28.8. The van der Waals surface area contributed by atoms with Crippen molar-refractivity contribution in [1.29, 1.82) is 0 Å². The summed E-state index contributed by atoms with van der Waals surface area (Å²) in [5.41, 5.74) is 12.9. The number of aliphatic imine (C=N–C) groups is 3. The number of halogens is 12. The molecule has 0 saturated carbocycles. The maximum atomic E-state index is 5.65. The van der Waals surface area contributed by atoms with E-state index in [9.17, 15) is 0 Å². The van der Waals surface area contributed by atoms with Crippen molar-refractivity contribution in [3.63, 3.8) is 0 Å². The second-order valence-corrected chi connectivity index (χ2v) is 22.9. The molecule has 0 aliphatic carbocycles. The molecule has 73 heavy (non-hydrogen) atoms. The van der Waals surface area contributed by atoms with E-state index in [-0.39, 0.29) is 85.0 Å². The van der Waals surface area contributed by atoms with Crippen molar-refractivity contribution in [2.75, 3.05) is 6.54 Å². The number of pyridine rings is 3. The number of fused-ring (bicyclic) bond motifs is 5. The Morgan fingerprint density at radius 3 is 1.08 bits per heavy atom. The molecule has 1 radical (unpaired) electrons. The molecule has 0 saturated heterocycles. The zero-order valence-corrected chi connectivity index (χ0v) is 59.3. The van der Waals surface area contributed by atoms with Crippen LogP contribution in [0.25, 0.3) is 16.7 Å². The Morgan fingerprint density at radius 2 is 0.753 bits per heavy atom. The molecule has 387 valence electrons. The Morgan fingerprint density at radius 1 is 0.438 bits per heavy atom. The quantitative estimate of drug-likeness (QED) is 0.172. The van der Waals surface area contributed by atoms with Crippen LogP contribution in [-0.2, 0) is 36.7 Å². The van der Waals surface area contributed by atoms with E-state index in [1.165, 1.54) is 0 Å². The molecule has 9 rings (SSSR count). The van der Waals surface area contributed by atoms with E-state index in [2.05, 4.69) is 272 Å². The van der Waals surface area contributed by atoms with E-state index in [1.807, 2.05) is 0 Å². The van der Waals surface area contributed by atoms with Crippen LogP contribution in [0.1, 0.15) is 81.5 Å². The molecule has 8 bridgehead atoms. The van der Waals surface area contributed by atoms with Gasteiger partial charge in [0.15, 0.2) is 37.2 Å². The van der Waals surface area contributed by atoms with E-state index in [0.717, 1.165) is 178 Å². The molecule has 0 fully saturated rings. The van der Waals surface area contributed by atoms with Crippen molar-refractivity contribution in [2.45, 2.75) is 73.0 Å². The van der Waals surface area contributed by atoms with Gasteiger partial charge in [-0.3, -0.25) is 0 Å². The number of allylic oxidation sites excluding steroid dienone is 11. The number of aryl methyl sites for hydroxylation is 3. The molecule has 0 atom stereocenters. The normalized spacial score (nSPS) is 16.1. The smallest absolute Gasteiger partial charge is 1.00 e. The van der Waals surface area contributed by atoms with Crippen LogP contribution < -0.4 is 86.6 Å². The average molecular weight is 1800 g/mol. The Balaban J connectivity index is 0.00000231. The van der Waals surface area contributed by atoms with Crippen LogP contribution in [0.15, 0.2) is 177 Å². The van der Waals surface area contributed by atoms with Crippen molar-refractivity contribution in [3.8, 4) is 0 Å². The fourth-order valence-electron chi connectivity index (χ4n) is 8.66. The van der Waals surface area contributed by atoms with Gasteiger partial charge in [-0.2, -0.15) is 0 Å². The van der Waals surface area contributed by atoms with E-state index in [0.29, 0.717) is 0 Å². The molecule has 0 unspecified atom stereocenters. The molecular weight excluding hydrogens is 1760 g/mol. The summed E-state index contributed by atoms with van der Waals surface area (Å²) >= 11 is 32.7. The number of hydrogen-bond donors (Lipinski definition) is 0. The maximum absolute atomic E-state index is 5.65. The molecule has 5 aliphatic heterocycles. The van der Waals surface area contributed by atoms with Gasteiger partial charge in [-0.25, -0.2) is 28.7 Å². The van der Waals surface area contributed by atoms with Crippen molar-refractivity contribution < 1.29 is 98.7 Å². The molecule has 0 aromatic carbocycles. The van der Waals surface area contributed by atoms with Gasteiger partial charge in [-0.1, -0.05) is 59.6 Å². The second-order valence-electron chi connectivity index (χ2n) is 16.5. The van der Waals surface area contributed by atoms with Crippen LogP contribution in [0.2, 0.25) is 0 Å². The number of aromatic nitrogens is 4. The van der Waals surface area contributed by atoms with Gasteiger partial charge in [0.05, 0.1) is 61.1 Å². The molecule has 0 spiro atoms. The number of rotatable bonds is 11. The minimum atomic E-state index is 0. The summed E-state index contributed by atoms with van der Waals surface area (Å²) in [5.74, 6) is 0. The van der Waals surface area contributed by atoms with Gasteiger partial charge < -0.3 is 77.8 Å². The van der Waals surface area contributed by atoms with E-state index in [4.69, 9.17) is 20.0 Å². The summed E-state index contributed by atoms with van der Waals surface area (Å²) in [7, 11) is 0. The van der Waals surface area contributed by atoms with E-state index in [1.54, 1.807) is 0 Å². The van der Waals surface area contributed by atoms with Crippen molar-refractivity contribution in [1.82, 2.24) is 9.88 Å². The monoisotopic (exact) mass is 1790 g/mol. The van der Waals surface area contributed by atoms with Crippen LogP contribution >= 0.6 is 127 Å². The summed E-state index contributed by atoms with van der Waals surface area (Å²) in [4.78, 5) is 24.8. The average Bonchev–Trinajstić information content (AvgIpc) is 4.00. The molecule has 9 heterocycles. The summed E-state index contributed by atoms with van der Waals surface area (Å²) in [5, 5.41) is 0. The minimum absolute atomic E-state index is 0. The minimum Gasteiger partial charge on any atom is -1.00 e. The fourth-order valence-corrected chi connectivity index (χ4v) is 12.5. The first kappa shape index (κ1) is 65.0. The summed E-state index contributed by atoms with van der Waals surface area (Å²) in [6, 6.07) is 12.9. The molecule has 8 nitrogen and oxygen atoms in total. The Bertz CT molecular complexity index is 3160. The first-order chi connectivity index (χ1) is 32.9. The van der Waals surface area contributed by atoms with E-state index >= 15 is 0 Å². The van der Waals surface area contributed by atoms with Gasteiger partial charge in [0.2, 0.25) is 0 Å². The van der Waals surface area contributed by atoms with Crippen LogP contribution in [0.4, 0.5) is 0 Å². The number of nitrogens with zero attached hydrogens (tertiary/aromatic N) is 8. The third kappa shape index (κ3) is 12.9. The van der Waals surface area contributed by atoms with Crippen molar-refractivity contribution >= 4 is 161 Å².